The molecule has 0 bridgehead atoms. The van der Waals surface area contributed by atoms with Crippen molar-refractivity contribution in [1.29, 1.82) is 0 Å². The van der Waals surface area contributed by atoms with Gasteiger partial charge in [0.1, 0.15) is 11.6 Å². The van der Waals surface area contributed by atoms with Crippen molar-refractivity contribution in [3.63, 3.8) is 0 Å². The zero-order chi connectivity index (χ0) is 19.3. The first kappa shape index (κ1) is 18.9. The lowest BCUT2D eigenvalue weighted by atomic mass is 9.95. The van der Waals surface area contributed by atoms with E-state index in [-0.39, 0.29) is 5.82 Å². The van der Waals surface area contributed by atoms with E-state index >= 15 is 0 Å². The SMILES string of the molecule is COc1ccccc1C(CCCc1noc2cc(F)ccc12)N1CCCCC1. The molecule has 0 N–H and O–H groups in total. The summed E-state index contributed by atoms with van der Waals surface area (Å²) in [6.07, 6.45) is 6.65. The third kappa shape index (κ3) is 4.04. The minimum absolute atomic E-state index is 0.295. The predicted octanol–water partition coefficient (Wildman–Crippen LogP) is 5.53. The predicted molar refractivity (Wildman–Crippen MR) is 108 cm³/mol. The summed E-state index contributed by atoms with van der Waals surface area (Å²) in [6, 6.07) is 13.3. The average molecular weight is 382 g/mol. The van der Waals surface area contributed by atoms with Gasteiger partial charge in [-0.05, 0) is 63.4 Å². The zero-order valence-electron chi connectivity index (χ0n) is 16.4. The molecule has 0 aliphatic carbocycles. The number of hydrogen-bond acceptors (Lipinski definition) is 4. The van der Waals surface area contributed by atoms with E-state index in [1.165, 1.54) is 37.0 Å². The number of hydrogen-bond donors (Lipinski definition) is 0. The highest BCUT2D eigenvalue weighted by Crippen LogP contribution is 2.35. The fraction of sp³-hybridized carbons (Fsp3) is 0.435. The smallest absolute Gasteiger partial charge is 0.170 e. The van der Waals surface area contributed by atoms with Gasteiger partial charge >= 0.3 is 0 Å². The largest absolute Gasteiger partial charge is 0.496 e. The molecule has 0 amide bonds. The van der Waals surface area contributed by atoms with Crippen LogP contribution in [0.2, 0.25) is 0 Å². The second-order valence-corrected chi connectivity index (χ2v) is 7.52. The van der Waals surface area contributed by atoms with Crippen molar-refractivity contribution in [3.05, 3.63) is 59.5 Å². The molecule has 148 valence electrons. The molecule has 3 aromatic rings. The molecular weight excluding hydrogens is 355 g/mol. The molecule has 1 aliphatic rings. The number of aromatic nitrogens is 1. The lowest BCUT2D eigenvalue weighted by molar-refractivity contribution is 0.151. The number of rotatable bonds is 7. The Kier molecular flexibility index (Phi) is 5.91. The Labute approximate surface area is 165 Å². The van der Waals surface area contributed by atoms with Crippen LogP contribution >= 0.6 is 0 Å². The van der Waals surface area contributed by atoms with Crippen molar-refractivity contribution < 1.29 is 13.7 Å². The van der Waals surface area contributed by atoms with Crippen molar-refractivity contribution in [2.45, 2.75) is 44.6 Å². The van der Waals surface area contributed by atoms with Gasteiger partial charge in [-0.15, -0.1) is 0 Å². The summed E-state index contributed by atoms with van der Waals surface area (Å²) in [5, 5.41) is 5.08. The highest BCUT2D eigenvalue weighted by Gasteiger charge is 2.24. The summed E-state index contributed by atoms with van der Waals surface area (Å²) in [6.45, 7) is 2.27. The molecule has 1 atom stereocenters. The number of benzene rings is 2. The van der Waals surface area contributed by atoms with E-state index in [1.54, 1.807) is 13.2 Å². The maximum absolute atomic E-state index is 13.4. The highest BCUT2D eigenvalue weighted by molar-refractivity contribution is 5.79. The topological polar surface area (TPSA) is 38.5 Å². The van der Waals surface area contributed by atoms with Gasteiger partial charge in [-0.1, -0.05) is 29.8 Å². The first-order valence-electron chi connectivity index (χ1n) is 10.2. The summed E-state index contributed by atoms with van der Waals surface area (Å²) in [4.78, 5) is 2.59. The van der Waals surface area contributed by atoms with Gasteiger partial charge in [-0.25, -0.2) is 4.39 Å². The zero-order valence-corrected chi connectivity index (χ0v) is 16.4. The van der Waals surface area contributed by atoms with Crippen LogP contribution in [0.1, 0.15) is 49.4 Å². The Morgan fingerprint density at radius 2 is 1.96 bits per heavy atom. The standard InChI is InChI=1S/C23H27FN2O2/c1-27-22-11-4-3-8-19(22)21(26-14-5-2-6-15-26)10-7-9-20-18-13-12-17(24)16-23(18)28-25-20/h3-4,8,11-13,16,21H,2,5-7,9-10,14-15H2,1H3. The minimum atomic E-state index is -0.295. The fourth-order valence-corrected chi connectivity index (χ4v) is 4.31. The molecule has 28 heavy (non-hydrogen) atoms. The van der Waals surface area contributed by atoms with Crippen molar-refractivity contribution >= 4 is 11.0 Å². The highest BCUT2D eigenvalue weighted by atomic mass is 19.1. The number of piperidine rings is 1. The number of nitrogens with zero attached hydrogens (tertiary/aromatic N) is 2. The molecule has 4 nitrogen and oxygen atoms in total. The third-order valence-electron chi connectivity index (χ3n) is 5.73. The monoisotopic (exact) mass is 382 g/mol. The Hall–Kier alpha value is -2.40. The number of likely N-dealkylation sites (tertiary alicyclic amines) is 1. The molecule has 2 aromatic carbocycles. The molecular formula is C23H27FN2O2. The van der Waals surface area contributed by atoms with Gasteiger partial charge in [0.2, 0.25) is 0 Å². The molecule has 0 saturated carbocycles. The van der Waals surface area contributed by atoms with E-state index in [9.17, 15) is 4.39 Å². The van der Waals surface area contributed by atoms with E-state index in [0.29, 0.717) is 11.6 Å². The average Bonchev–Trinajstić information content (AvgIpc) is 3.14. The number of para-hydroxylation sites is 1. The summed E-state index contributed by atoms with van der Waals surface area (Å²) in [7, 11) is 1.74. The number of halogens is 1. The molecule has 1 saturated heterocycles. The Morgan fingerprint density at radius 1 is 1.14 bits per heavy atom. The number of methoxy groups -OCH3 is 1. The first-order valence-corrected chi connectivity index (χ1v) is 10.2. The van der Waals surface area contributed by atoms with Crippen LogP contribution in [0, 0.1) is 5.82 Å². The van der Waals surface area contributed by atoms with E-state index in [0.717, 1.165) is 49.2 Å². The Bertz CT molecular complexity index is 918. The summed E-state index contributed by atoms with van der Waals surface area (Å²) >= 11 is 0. The van der Waals surface area contributed by atoms with Crippen LogP contribution in [0.4, 0.5) is 4.39 Å². The van der Waals surface area contributed by atoms with E-state index in [4.69, 9.17) is 9.26 Å². The van der Waals surface area contributed by atoms with Crippen molar-refractivity contribution in [2.75, 3.05) is 20.2 Å². The summed E-state index contributed by atoms with van der Waals surface area (Å²) in [5.41, 5.74) is 2.69. The molecule has 1 aromatic heterocycles. The van der Waals surface area contributed by atoms with Gasteiger partial charge in [0.05, 0.1) is 12.8 Å². The third-order valence-corrected chi connectivity index (χ3v) is 5.73. The van der Waals surface area contributed by atoms with E-state index < -0.39 is 0 Å². The maximum Gasteiger partial charge on any atom is 0.170 e. The maximum atomic E-state index is 13.4. The molecule has 5 heteroatoms. The molecule has 1 fully saturated rings. The van der Waals surface area contributed by atoms with Crippen molar-refractivity contribution in [3.8, 4) is 5.75 Å². The Morgan fingerprint density at radius 3 is 2.79 bits per heavy atom. The molecule has 0 spiro atoms. The van der Waals surface area contributed by atoms with E-state index in [2.05, 4.69) is 22.2 Å². The minimum Gasteiger partial charge on any atom is -0.496 e. The van der Waals surface area contributed by atoms with Crippen molar-refractivity contribution in [2.24, 2.45) is 0 Å². The van der Waals surface area contributed by atoms with Gasteiger partial charge in [-0.3, -0.25) is 4.90 Å². The van der Waals surface area contributed by atoms with Crippen LogP contribution in [0.3, 0.4) is 0 Å². The molecule has 2 heterocycles. The number of fused-ring (bicyclic) bond motifs is 1. The number of aryl methyl sites for hydroxylation is 1. The van der Waals surface area contributed by atoms with Gasteiger partial charge in [0, 0.05) is 23.1 Å². The summed E-state index contributed by atoms with van der Waals surface area (Å²) < 4.78 is 24.3. The second kappa shape index (κ2) is 8.74. The molecule has 0 radical (unpaired) electrons. The van der Waals surface area contributed by atoms with Gasteiger partial charge in [0.15, 0.2) is 5.58 Å². The van der Waals surface area contributed by atoms with Crippen LogP contribution < -0.4 is 4.74 Å². The first-order chi connectivity index (χ1) is 13.8. The van der Waals surface area contributed by atoms with Crippen molar-refractivity contribution in [1.82, 2.24) is 10.1 Å². The Balaban J connectivity index is 1.50. The van der Waals surface area contributed by atoms with Gasteiger partial charge in [0.25, 0.3) is 0 Å². The fourth-order valence-electron chi connectivity index (χ4n) is 4.31. The van der Waals surface area contributed by atoms with Crippen LogP contribution in [0.5, 0.6) is 5.75 Å². The van der Waals surface area contributed by atoms with Crippen LogP contribution in [0.25, 0.3) is 11.0 Å². The molecule has 1 unspecified atom stereocenters. The van der Waals surface area contributed by atoms with E-state index in [1.807, 2.05) is 12.1 Å². The van der Waals surface area contributed by atoms with Gasteiger partial charge in [-0.2, -0.15) is 0 Å². The van der Waals surface area contributed by atoms with Gasteiger partial charge < -0.3 is 9.26 Å². The van der Waals surface area contributed by atoms with Crippen LogP contribution in [-0.4, -0.2) is 30.3 Å². The quantitative estimate of drug-likeness (QED) is 0.539. The second-order valence-electron chi connectivity index (χ2n) is 7.52. The molecule has 4 rings (SSSR count). The normalized spacial score (nSPS) is 16.4. The summed E-state index contributed by atoms with van der Waals surface area (Å²) in [5.74, 6) is 0.664. The lowest BCUT2D eigenvalue weighted by Gasteiger charge is -2.35. The van der Waals surface area contributed by atoms with Crippen LogP contribution in [-0.2, 0) is 6.42 Å². The van der Waals surface area contributed by atoms with Crippen LogP contribution in [0.15, 0.2) is 47.0 Å². The number of ether oxygens (including phenoxy) is 1. The molecule has 1 aliphatic heterocycles. The lowest BCUT2D eigenvalue weighted by Crippen LogP contribution is -2.34.